The van der Waals surface area contributed by atoms with Gasteiger partial charge in [0.05, 0.1) is 5.75 Å². The number of para-hydroxylation sites is 1. The van der Waals surface area contributed by atoms with Gasteiger partial charge in [0.2, 0.25) is 0 Å². The van der Waals surface area contributed by atoms with Crippen LogP contribution in [0, 0.1) is 6.92 Å². The Morgan fingerprint density at radius 1 is 1.36 bits per heavy atom. The number of hydrogen-bond donors (Lipinski definition) is 1. The predicted molar refractivity (Wildman–Crippen MR) is 89.4 cm³/mol. The minimum Gasteiger partial charge on any atom is -0.309 e. The minimum atomic E-state index is -4.08. The third-order valence-electron chi connectivity index (χ3n) is 3.21. The Balaban J connectivity index is 3.13. The number of hydrogen-bond acceptors (Lipinski definition) is 3. The highest BCUT2D eigenvalue weighted by Crippen LogP contribution is 2.28. The van der Waals surface area contributed by atoms with Crippen molar-refractivity contribution in [2.75, 3.05) is 17.2 Å². The Labute approximate surface area is 141 Å². The fourth-order valence-electron chi connectivity index (χ4n) is 2.25. The Morgan fingerprint density at radius 2 is 2.00 bits per heavy atom. The second kappa shape index (κ2) is 8.15. The first-order chi connectivity index (χ1) is 10.2. The van der Waals surface area contributed by atoms with E-state index < -0.39 is 26.6 Å². The minimum absolute atomic E-state index is 0.0859. The second-order valence-corrected chi connectivity index (χ2v) is 7.53. The highest BCUT2D eigenvalue weighted by Gasteiger charge is 2.25. The molecule has 22 heavy (non-hydrogen) atoms. The van der Waals surface area contributed by atoms with Crippen molar-refractivity contribution in [1.82, 2.24) is 0 Å². The second-order valence-electron chi connectivity index (χ2n) is 4.87. The van der Waals surface area contributed by atoms with Crippen LogP contribution in [-0.2, 0) is 21.3 Å². The smallest absolute Gasteiger partial charge is 0.264 e. The van der Waals surface area contributed by atoms with Gasteiger partial charge in [0.1, 0.15) is 0 Å². The first kappa shape index (κ1) is 19.2. The maximum absolute atomic E-state index is 12.3. The fraction of sp³-hybridized carbons (Fsp3) is 0.500. The average Bonchev–Trinajstić information content (AvgIpc) is 2.42. The zero-order chi connectivity index (χ0) is 16.9. The maximum atomic E-state index is 12.3. The molecule has 1 aromatic rings. The van der Waals surface area contributed by atoms with E-state index >= 15 is 0 Å². The van der Waals surface area contributed by atoms with Crippen molar-refractivity contribution in [2.24, 2.45) is 0 Å². The molecule has 0 aromatic heterocycles. The van der Waals surface area contributed by atoms with E-state index in [1.165, 1.54) is 4.90 Å². The quantitative estimate of drug-likeness (QED) is 0.593. The summed E-state index contributed by atoms with van der Waals surface area (Å²) in [7, 11) is -4.08. The molecule has 0 aliphatic rings. The van der Waals surface area contributed by atoms with E-state index in [4.69, 9.17) is 27.8 Å². The Kier molecular flexibility index (Phi) is 7.12. The van der Waals surface area contributed by atoms with Crippen LogP contribution in [0.4, 0.5) is 5.69 Å². The number of halogens is 2. The van der Waals surface area contributed by atoms with Gasteiger partial charge in [-0.15, -0.1) is 0 Å². The standard InChI is InChI=1S/C14H19Cl2NO4S/c1-3-11-7-4-6-10(2)12(11)17(14(18)13(15)16)8-5-9-22(19,20)21/h4,6-7,13H,3,5,8-9H2,1-2H3,(H,19,20,21). The maximum Gasteiger partial charge on any atom is 0.264 e. The monoisotopic (exact) mass is 367 g/mol. The van der Waals surface area contributed by atoms with Crippen LogP contribution >= 0.6 is 23.2 Å². The molecule has 8 heteroatoms. The lowest BCUT2D eigenvalue weighted by molar-refractivity contribution is -0.117. The molecular formula is C14H19Cl2NO4S. The van der Waals surface area contributed by atoms with Crippen LogP contribution in [0.1, 0.15) is 24.5 Å². The average molecular weight is 368 g/mol. The van der Waals surface area contributed by atoms with E-state index in [9.17, 15) is 13.2 Å². The van der Waals surface area contributed by atoms with Crippen molar-refractivity contribution in [2.45, 2.75) is 31.5 Å². The topological polar surface area (TPSA) is 74.7 Å². The molecule has 0 aliphatic carbocycles. The van der Waals surface area contributed by atoms with Crippen molar-refractivity contribution in [3.8, 4) is 0 Å². The lowest BCUT2D eigenvalue weighted by Crippen LogP contribution is -2.37. The zero-order valence-corrected chi connectivity index (χ0v) is 14.7. The van der Waals surface area contributed by atoms with Crippen LogP contribution in [0.15, 0.2) is 18.2 Å². The predicted octanol–water partition coefficient (Wildman–Crippen LogP) is 2.97. The Bertz CT molecular complexity index is 632. The summed E-state index contributed by atoms with van der Waals surface area (Å²) >= 11 is 11.4. The number of benzene rings is 1. The molecule has 0 radical (unpaired) electrons. The van der Waals surface area contributed by atoms with Crippen LogP contribution in [0.2, 0.25) is 0 Å². The van der Waals surface area contributed by atoms with Crippen molar-refractivity contribution >= 4 is 44.9 Å². The molecule has 0 bridgehead atoms. The number of carbonyl (C=O) groups is 1. The van der Waals surface area contributed by atoms with E-state index in [1.54, 1.807) is 0 Å². The number of nitrogens with zero attached hydrogens (tertiary/aromatic N) is 1. The molecule has 5 nitrogen and oxygen atoms in total. The van der Waals surface area contributed by atoms with Crippen LogP contribution in [0.25, 0.3) is 0 Å². The molecule has 0 unspecified atom stereocenters. The van der Waals surface area contributed by atoms with Crippen molar-refractivity contribution < 1.29 is 17.8 Å². The van der Waals surface area contributed by atoms with E-state index in [0.29, 0.717) is 12.1 Å². The van der Waals surface area contributed by atoms with Crippen molar-refractivity contribution in [3.63, 3.8) is 0 Å². The highest BCUT2D eigenvalue weighted by molar-refractivity contribution is 7.85. The molecule has 0 heterocycles. The van der Waals surface area contributed by atoms with Crippen LogP contribution in [-0.4, -0.2) is 36.0 Å². The molecule has 1 N–H and O–H groups in total. The van der Waals surface area contributed by atoms with Crippen molar-refractivity contribution in [1.29, 1.82) is 0 Å². The van der Waals surface area contributed by atoms with Gasteiger partial charge in [-0.05, 0) is 30.9 Å². The summed E-state index contributed by atoms with van der Waals surface area (Å²) < 4.78 is 30.5. The molecule has 0 saturated heterocycles. The number of rotatable bonds is 7. The van der Waals surface area contributed by atoms with Crippen molar-refractivity contribution in [3.05, 3.63) is 29.3 Å². The van der Waals surface area contributed by atoms with Gasteiger partial charge in [-0.2, -0.15) is 8.42 Å². The van der Waals surface area contributed by atoms with Gasteiger partial charge in [-0.3, -0.25) is 9.35 Å². The summed E-state index contributed by atoms with van der Waals surface area (Å²) in [4.78, 5) is 12.4. The fourth-order valence-corrected chi connectivity index (χ4v) is 2.98. The van der Waals surface area contributed by atoms with Gasteiger partial charge in [0, 0.05) is 12.2 Å². The Morgan fingerprint density at radius 3 is 2.50 bits per heavy atom. The SMILES string of the molecule is CCc1cccc(C)c1N(CCCS(=O)(=O)O)C(=O)C(Cl)Cl. The highest BCUT2D eigenvalue weighted by atomic mass is 35.5. The summed E-state index contributed by atoms with van der Waals surface area (Å²) in [5.41, 5.74) is 2.50. The summed E-state index contributed by atoms with van der Waals surface area (Å²) in [6, 6.07) is 5.63. The van der Waals surface area contributed by atoms with Crippen LogP contribution < -0.4 is 4.90 Å². The van der Waals surface area contributed by atoms with E-state index in [1.807, 2.05) is 32.0 Å². The van der Waals surface area contributed by atoms with Gasteiger partial charge in [0.25, 0.3) is 16.0 Å². The van der Waals surface area contributed by atoms with Crippen LogP contribution in [0.5, 0.6) is 0 Å². The van der Waals surface area contributed by atoms with Gasteiger partial charge >= 0.3 is 0 Å². The molecule has 0 saturated carbocycles. The summed E-state index contributed by atoms with van der Waals surface area (Å²) in [5, 5.41) is 0. The molecule has 0 aliphatic heterocycles. The normalized spacial score (nSPS) is 11.7. The number of alkyl halides is 2. The third-order valence-corrected chi connectivity index (χ3v) is 4.39. The molecule has 124 valence electrons. The van der Waals surface area contributed by atoms with Crippen LogP contribution in [0.3, 0.4) is 0 Å². The lowest BCUT2D eigenvalue weighted by Gasteiger charge is -2.27. The van der Waals surface area contributed by atoms with E-state index in [0.717, 1.165) is 11.1 Å². The number of aryl methyl sites for hydroxylation is 2. The molecule has 0 fully saturated rings. The first-order valence-corrected chi connectivity index (χ1v) is 9.28. The zero-order valence-electron chi connectivity index (χ0n) is 12.4. The Hall–Kier alpha value is -0.820. The summed E-state index contributed by atoms with van der Waals surface area (Å²) in [6.45, 7) is 3.92. The number of carbonyl (C=O) groups excluding carboxylic acids is 1. The largest absolute Gasteiger partial charge is 0.309 e. The first-order valence-electron chi connectivity index (χ1n) is 6.80. The third kappa shape index (κ3) is 5.43. The molecule has 1 rings (SSSR count). The molecule has 0 atom stereocenters. The molecule has 1 amide bonds. The van der Waals surface area contributed by atoms with Gasteiger partial charge in [-0.1, -0.05) is 48.3 Å². The van der Waals surface area contributed by atoms with Gasteiger partial charge < -0.3 is 4.90 Å². The summed E-state index contributed by atoms with van der Waals surface area (Å²) in [5.74, 6) is -0.943. The lowest BCUT2D eigenvalue weighted by atomic mass is 10.0. The molecule has 1 aromatic carbocycles. The molecular weight excluding hydrogens is 349 g/mol. The number of amides is 1. The van der Waals surface area contributed by atoms with E-state index in [-0.39, 0.29) is 13.0 Å². The van der Waals surface area contributed by atoms with E-state index in [2.05, 4.69) is 0 Å². The van der Waals surface area contributed by atoms with Gasteiger partial charge in [0.15, 0.2) is 4.84 Å². The molecule has 0 spiro atoms. The number of anilines is 1. The summed E-state index contributed by atoms with van der Waals surface area (Å²) in [6.07, 6.45) is 0.789. The van der Waals surface area contributed by atoms with Gasteiger partial charge in [-0.25, -0.2) is 0 Å².